The van der Waals surface area contributed by atoms with Crippen LogP contribution in [-0.2, 0) is 0 Å². The predicted octanol–water partition coefficient (Wildman–Crippen LogP) is 19.4. The van der Waals surface area contributed by atoms with Gasteiger partial charge in [-0.15, -0.1) is 0 Å². The average molecular weight is 969 g/mol. The van der Waals surface area contributed by atoms with Gasteiger partial charge in [0, 0.05) is 66.4 Å². The quantitative estimate of drug-likeness (QED) is 0.141. The van der Waals surface area contributed by atoms with Crippen LogP contribution in [0.5, 0.6) is 0 Å². The molecule has 0 unspecified atom stereocenters. The topological polar surface area (TPSA) is 18.0 Å². The van der Waals surface area contributed by atoms with Crippen LogP contribution in [0.25, 0.3) is 116 Å². The van der Waals surface area contributed by atoms with Gasteiger partial charge in [-0.25, -0.2) is 0 Å². The van der Waals surface area contributed by atoms with Crippen molar-refractivity contribution in [3.05, 3.63) is 291 Å². The first kappa shape index (κ1) is 43.4. The average Bonchev–Trinajstić information content (AvgIpc) is 4.17. The Morgan fingerprint density at radius 1 is 0.184 bits per heavy atom. The Balaban J connectivity index is 0.786. The number of benzene rings is 12. The minimum atomic E-state index is 1.08. The van der Waals surface area contributed by atoms with Crippen molar-refractivity contribution in [2.45, 2.75) is 0 Å². The molecular formula is C72H48N4. The standard InChI is InChI=1S/C72H48N4/c1-3-15-55(16-4-1)75-69-25-13-9-21-63(69)65-45-35-53(47-71(65)75)51-29-27-49(28-30-51)50-31-37-57(38-32-50)73(59-41-43-60(44-42-59)74-67-23-11-7-19-61(67)62-20-8-12-24-68(62)74)58-39-33-52(34-40-58)54-36-46-66-64-22-10-14-26-70(64)76(72(66)48-54)56-17-5-2-6-18-56/h1-48H. The fourth-order valence-corrected chi connectivity index (χ4v) is 11.9. The summed E-state index contributed by atoms with van der Waals surface area (Å²) in [6.45, 7) is 0. The van der Waals surface area contributed by atoms with Crippen molar-refractivity contribution in [2.75, 3.05) is 4.90 Å². The molecule has 15 aromatic rings. The summed E-state index contributed by atoms with van der Waals surface area (Å²) in [5, 5.41) is 7.52. The van der Waals surface area contributed by atoms with Gasteiger partial charge < -0.3 is 18.6 Å². The van der Waals surface area contributed by atoms with Crippen LogP contribution in [0, 0.1) is 0 Å². The summed E-state index contributed by atoms with van der Waals surface area (Å²) in [5.74, 6) is 0. The first-order chi connectivity index (χ1) is 37.7. The highest BCUT2D eigenvalue weighted by atomic mass is 15.1. The van der Waals surface area contributed by atoms with E-state index in [0.717, 1.165) is 45.3 Å². The number of para-hydroxylation sites is 6. The lowest BCUT2D eigenvalue weighted by Gasteiger charge is -2.26. The molecule has 76 heavy (non-hydrogen) atoms. The van der Waals surface area contributed by atoms with Gasteiger partial charge in [-0.2, -0.15) is 0 Å². The second-order valence-electron chi connectivity index (χ2n) is 19.7. The second-order valence-corrected chi connectivity index (χ2v) is 19.7. The molecule has 0 atom stereocenters. The summed E-state index contributed by atoms with van der Waals surface area (Å²) >= 11 is 0. The van der Waals surface area contributed by atoms with E-state index in [9.17, 15) is 0 Å². The number of anilines is 3. The van der Waals surface area contributed by atoms with E-state index in [1.807, 2.05) is 0 Å². The highest BCUT2D eigenvalue weighted by molar-refractivity contribution is 6.12. The maximum absolute atomic E-state index is 2.39. The van der Waals surface area contributed by atoms with Crippen molar-refractivity contribution in [1.29, 1.82) is 0 Å². The van der Waals surface area contributed by atoms with E-state index in [2.05, 4.69) is 310 Å². The van der Waals surface area contributed by atoms with Gasteiger partial charge >= 0.3 is 0 Å². The molecule has 0 aliphatic heterocycles. The van der Waals surface area contributed by atoms with Crippen LogP contribution in [0.4, 0.5) is 17.1 Å². The highest BCUT2D eigenvalue weighted by Gasteiger charge is 2.19. The van der Waals surface area contributed by atoms with Crippen LogP contribution in [0.2, 0.25) is 0 Å². The third-order valence-electron chi connectivity index (χ3n) is 15.5. The molecule has 3 heterocycles. The fraction of sp³-hybridized carbons (Fsp3) is 0. The zero-order chi connectivity index (χ0) is 50.1. The van der Waals surface area contributed by atoms with Crippen molar-refractivity contribution < 1.29 is 0 Å². The number of aromatic nitrogens is 3. The summed E-state index contributed by atoms with van der Waals surface area (Å²) in [4.78, 5) is 2.37. The molecule has 12 aromatic carbocycles. The number of hydrogen-bond donors (Lipinski definition) is 0. The molecule has 0 spiro atoms. The molecule has 0 aliphatic rings. The minimum absolute atomic E-state index is 1.08. The Labute approximate surface area is 440 Å². The van der Waals surface area contributed by atoms with Gasteiger partial charge in [0.1, 0.15) is 0 Å². The van der Waals surface area contributed by atoms with Crippen molar-refractivity contribution in [3.63, 3.8) is 0 Å². The number of rotatable bonds is 9. The van der Waals surface area contributed by atoms with E-state index in [0.29, 0.717) is 0 Å². The predicted molar refractivity (Wildman–Crippen MR) is 320 cm³/mol. The van der Waals surface area contributed by atoms with Crippen LogP contribution < -0.4 is 4.90 Å². The number of nitrogens with zero attached hydrogens (tertiary/aromatic N) is 4. The summed E-state index contributed by atoms with van der Waals surface area (Å²) in [6.07, 6.45) is 0. The molecule has 0 bridgehead atoms. The lowest BCUT2D eigenvalue weighted by molar-refractivity contribution is 1.17. The van der Waals surface area contributed by atoms with Crippen molar-refractivity contribution in [1.82, 2.24) is 13.7 Å². The monoisotopic (exact) mass is 968 g/mol. The minimum Gasteiger partial charge on any atom is -0.311 e. The first-order valence-corrected chi connectivity index (χ1v) is 26.1. The molecule has 0 amide bonds. The zero-order valence-corrected chi connectivity index (χ0v) is 41.5. The van der Waals surface area contributed by atoms with E-state index < -0.39 is 0 Å². The van der Waals surface area contributed by atoms with Gasteiger partial charge in [0.2, 0.25) is 0 Å². The molecule has 4 nitrogen and oxygen atoms in total. The van der Waals surface area contributed by atoms with E-state index in [1.165, 1.54) is 87.7 Å². The van der Waals surface area contributed by atoms with Gasteiger partial charge in [0.25, 0.3) is 0 Å². The molecule has 4 heteroatoms. The molecular weight excluding hydrogens is 921 g/mol. The van der Waals surface area contributed by atoms with E-state index >= 15 is 0 Å². The Morgan fingerprint density at radius 3 is 0.803 bits per heavy atom. The number of hydrogen-bond acceptors (Lipinski definition) is 1. The molecule has 356 valence electrons. The van der Waals surface area contributed by atoms with E-state index in [-0.39, 0.29) is 0 Å². The maximum Gasteiger partial charge on any atom is 0.0547 e. The van der Waals surface area contributed by atoms with Gasteiger partial charge in [0.05, 0.1) is 33.1 Å². The lowest BCUT2D eigenvalue weighted by Crippen LogP contribution is -2.10. The number of fused-ring (bicyclic) bond motifs is 9. The molecule has 0 radical (unpaired) electrons. The van der Waals surface area contributed by atoms with E-state index in [4.69, 9.17) is 0 Å². The Kier molecular flexibility index (Phi) is 10.2. The normalized spacial score (nSPS) is 11.7. The third-order valence-corrected chi connectivity index (χ3v) is 15.5. The van der Waals surface area contributed by atoms with Crippen LogP contribution in [0.1, 0.15) is 0 Å². The van der Waals surface area contributed by atoms with Gasteiger partial charge in [0.15, 0.2) is 0 Å². The Morgan fingerprint density at radius 2 is 0.434 bits per heavy atom. The van der Waals surface area contributed by atoms with Crippen molar-refractivity contribution >= 4 is 82.5 Å². The summed E-state index contributed by atoms with van der Waals surface area (Å²) < 4.78 is 7.15. The summed E-state index contributed by atoms with van der Waals surface area (Å²) in [6, 6.07) is 106. The molecule has 0 saturated heterocycles. The first-order valence-electron chi connectivity index (χ1n) is 26.1. The van der Waals surface area contributed by atoms with E-state index in [1.54, 1.807) is 0 Å². The molecule has 15 rings (SSSR count). The highest BCUT2D eigenvalue weighted by Crippen LogP contribution is 2.41. The lowest BCUT2D eigenvalue weighted by atomic mass is 9.99. The molecule has 0 saturated carbocycles. The third kappa shape index (κ3) is 7.14. The molecule has 0 N–H and O–H groups in total. The van der Waals surface area contributed by atoms with Crippen LogP contribution in [0.15, 0.2) is 291 Å². The molecule has 0 aliphatic carbocycles. The molecule has 0 fully saturated rings. The Bertz CT molecular complexity index is 4590. The van der Waals surface area contributed by atoms with Gasteiger partial charge in [-0.3, -0.25) is 0 Å². The largest absolute Gasteiger partial charge is 0.311 e. The smallest absolute Gasteiger partial charge is 0.0547 e. The fourth-order valence-electron chi connectivity index (χ4n) is 11.9. The van der Waals surface area contributed by atoms with Crippen LogP contribution >= 0.6 is 0 Å². The van der Waals surface area contributed by atoms with Gasteiger partial charge in [-0.05, 0) is 143 Å². The van der Waals surface area contributed by atoms with Crippen molar-refractivity contribution in [3.8, 4) is 50.4 Å². The van der Waals surface area contributed by atoms with Gasteiger partial charge in [-0.1, -0.05) is 182 Å². The second kappa shape index (κ2) is 17.8. The molecule has 3 aromatic heterocycles. The van der Waals surface area contributed by atoms with Crippen LogP contribution in [0.3, 0.4) is 0 Å². The zero-order valence-electron chi connectivity index (χ0n) is 41.5. The maximum atomic E-state index is 2.39. The summed E-state index contributed by atoms with van der Waals surface area (Å²) in [7, 11) is 0. The van der Waals surface area contributed by atoms with Crippen molar-refractivity contribution in [2.24, 2.45) is 0 Å². The van der Waals surface area contributed by atoms with Crippen LogP contribution in [-0.4, -0.2) is 13.7 Å². The SMILES string of the molecule is c1ccc(-n2c3ccccc3c3ccc(-c4ccc(-c5ccc(N(c6ccc(-c7ccc8c9ccccc9n(-c9ccccc9)c8c7)cc6)c6ccc(-n7c8ccccc8c8ccccc87)cc6)cc5)cc4)cc32)cc1. The summed E-state index contributed by atoms with van der Waals surface area (Å²) in [5.41, 5.74) is 20.9. The Hall–Kier alpha value is -10.2.